The van der Waals surface area contributed by atoms with E-state index in [0.29, 0.717) is 5.54 Å². The van der Waals surface area contributed by atoms with Gasteiger partial charge in [0, 0.05) is 5.54 Å². The minimum Gasteiger partial charge on any atom is -0.497 e. The zero-order valence-corrected chi connectivity index (χ0v) is 13.3. The molecular formula is C17H26ClNO. The van der Waals surface area contributed by atoms with Crippen LogP contribution in [0.25, 0.3) is 0 Å². The van der Waals surface area contributed by atoms with E-state index in [4.69, 9.17) is 4.74 Å². The van der Waals surface area contributed by atoms with Gasteiger partial charge in [0.25, 0.3) is 0 Å². The van der Waals surface area contributed by atoms with Crippen LogP contribution in [-0.2, 0) is 5.54 Å². The molecule has 1 heterocycles. The lowest BCUT2D eigenvalue weighted by Crippen LogP contribution is -2.46. The predicted molar refractivity (Wildman–Crippen MR) is 85.8 cm³/mol. The largest absolute Gasteiger partial charge is 0.497 e. The molecule has 0 atom stereocenters. The summed E-state index contributed by atoms with van der Waals surface area (Å²) in [4.78, 5) is 2.75. The van der Waals surface area contributed by atoms with Crippen LogP contribution in [0.4, 0.5) is 0 Å². The van der Waals surface area contributed by atoms with Gasteiger partial charge >= 0.3 is 0 Å². The van der Waals surface area contributed by atoms with E-state index in [1.165, 1.54) is 63.6 Å². The molecule has 2 nitrogen and oxygen atoms in total. The molecule has 3 heteroatoms. The van der Waals surface area contributed by atoms with E-state index in [0.717, 1.165) is 5.75 Å². The van der Waals surface area contributed by atoms with Gasteiger partial charge in [-0.2, -0.15) is 0 Å². The fourth-order valence-corrected chi connectivity index (χ4v) is 3.98. The molecule has 112 valence electrons. The van der Waals surface area contributed by atoms with Gasteiger partial charge in [0.1, 0.15) is 5.75 Å². The molecule has 0 spiro atoms. The van der Waals surface area contributed by atoms with E-state index in [1.807, 2.05) is 0 Å². The highest BCUT2D eigenvalue weighted by atomic mass is 35.5. The summed E-state index contributed by atoms with van der Waals surface area (Å²) in [5.41, 5.74) is 1.77. The third-order valence-corrected chi connectivity index (χ3v) is 5.00. The molecule has 0 N–H and O–H groups in total. The smallest absolute Gasteiger partial charge is 0.119 e. The molecule has 3 rings (SSSR count). The summed E-state index contributed by atoms with van der Waals surface area (Å²) in [5.74, 6) is 1.00. The molecule has 1 saturated carbocycles. The van der Waals surface area contributed by atoms with Gasteiger partial charge in [-0.15, -0.1) is 12.4 Å². The van der Waals surface area contributed by atoms with Gasteiger partial charge in [0.2, 0.25) is 0 Å². The summed E-state index contributed by atoms with van der Waals surface area (Å²) >= 11 is 0. The predicted octanol–water partition coefficient (Wildman–Crippen LogP) is 4.37. The van der Waals surface area contributed by atoms with Crippen molar-refractivity contribution in [3.63, 3.8) is 0 Å². The zero-order valence-electron chi connectivity index (χ0n) is 12.4. The molecule has 1 aromatic rings. The van der Waals surface area contributed by atoms with Crippen molar-refractivity contribution in [1.29, 1.82) is 0 Å². The van der Waals surface area contributed by atoms with E-state index in [1.54, 1.807) is 7.11 Å². The standard InChI is InChI=1S/C17H25NO.ClH/c1-19-16-9-7-8-15(14-16)17(10-3-2-4-11-17)18-12-5-6-13-18;/h7-9,14H,2-6,10-13H2,1H3;1H. The summed E-state index contributed by atoms with van der Waals surface area (Å²) in [5, 5.41) is 0. The molecule has 1 saturated heterocycles. The van der Waals surface area contributed by atoms with Crippen molar-refractivity contribution in [2.75, 3.05) is 20.2 Å². The molecule has 0 amide bonds. The number of nitrogens with zero attached hydrogens (tertiary/aromatic N) is 1. The Morgan fingerprint density at radius 3 is 2.35 bits per heavy atom. The van der Waals surface area contributed by atoms with Crippen LogP contribution in [0.2, 0.25) is 0 Å². The zero-order chi connectivity index (χ0) is 13.1. The Bertz CT molecular complexity index is 423. The van der Waals surface area contributed by atoms with Crippen molar-refractivity contribution in [2.45, 2.75) is 50.5 Å². The Morgan fingerprint density at radius 2 is 1.70 bits per heavy atom. The summed E-state index contributed by atoms with van der Waals surface area (Å²) in [6.45, 7) is 2.55. The Hall–Kier alpha value is -0.730. The van der Waals surface area contributed by atoms with Gasteiger partial charge in [-0.25, -0.2) is 0 Å². The topological polar surface area (TPSA) is 12.5 Å². The minimum atomic E-state index is 0. The van der Waals surface area contributed by atoms with Crippen molar-refractivity contribution < 1.29 is 4.74 Å². The molecule has 0 unspecified atom stereocenters. The third kappa shape index (κ3) is 2.82. The summed E-state index contributed by atoms with van der Waals surface area (Å²) < 4.78 is 5.43. The maximum atomic E-state index is 5.43. The number of hydrogen-bond donors (Lipinski definition) is 0. The van der Waals surface area contributed by atoms with Gasteiger partial charge < -0.3 is 4.74 Å². The summed E-state index contributed by atoms with van der Waals surface area (Å²) in [6, 6.07) is 8.79. The molecule has 0 aromatic heterocycles. The van der Waals surface area contributed by atoms with E-state index in [9.17, 15) is 0 Å². The van der Waals surface area contributed by atoms with Crippen LogP contribution in [0.15, 0.2) is 24.3 Å². The number of benzene rings is 1. The normalized spacial score (nSPS) is 22.2. The summed E-state index contributed by atoms with van der Waals surface area (Å²) in [7, 11) is 1.77. The van der Waals surface area contributed by atoms with Crippen LogP contribution < -0.4 is 4.74 Å². The monoisotopic (exact) mass is 295 g/mol. The first-order chi connectivity index (χ1) is 9.35. The van der Waals surface area contributed by atoms with E-state index < -0.39 is 0 Å². The first-order valence-electron chi connectivity index (χ1n) is 7.75. The number of rotatable bonds is 3. The second-order valence-corrected chi connectivity index (χ2v) is 6.02. The lowest BCUT2D eigenvalue weighted by atomic mass is 9.75. The maximum Gasteiger partial charge on any atom is 0.119 e. The molecule has 20 heavy (non-hydrogen) atoms. The quantitative estimate of drug-likeness (QED) is 0.821. The number of ether oxygens (including phenoxy) is 1. The van der Waals surface area contributed by atoms with E-state index in [2.05, 4.69) is 29.2 Å². The lowest BCUT2D eigenvalue weighted by Gasteiger charge is -2.45. The van der Waals surface area contributed by atoms with Crippen LogP contribution >= 0.6 is 12.4 Å². The molecule has 1 aliphatic carbocycles. The fourth-order valence-electron chi connectivity index (χ4n) is 3.98. The first-order valence-corrected chi connectivity index (χ1v) is 7.75. The van der Waals surface area contributed by atoms with Crippen molar-refractivity contribution >= 4 is 12.4 Å². The third-order valence-electron chi connectivity index (χ3n) is 5.00. The van der Waals surface area contributed by atoms with Crippen LogP contribution in [-0.4, -0.2) is 25.1 Å². The Morgan fingerprint density at radius 1 is 1.00 bits per heavy atom. The average molecular weight is 296 g/mol. The first kappa shape index (κ1) is 15.7. The van der Waals surface area contributed by atoms with E-state index >= 15 is 0 Å². The number of halogens is 1. The number of methoxy groups -OCH3 is 1. The summed E-state index contributed by atoms with van der Waals surface area (Å²) in [6.07, 6.45) is 9.51. The van der Waals surface area contributed by atoms with Crippen molar-refractivity contribution in [1.82, 2.24) is 4.90 Å². The highest BCUT2D eigenvalue weighted by Gasteiger charge is 2.40. The van der Waals surface area contributed by atoms with Crippen molar-refractivity contribution in [3.8, 4) is 5.75 Å². The molecule has 0 bridgehead atoms. The van der Waals surface area contributed by atoms with E-state index in [-0.39, 0.29) is 12.4 Å². The number of hydrogen-bond acceptors (Lipinski definition) is 2. The van der Waals surface area contributed by atoms with Gasteiger partial charge in [-0.05, 0) is 56.5 Å². The van der Waals surface area contributed by atoms with Gasteiger partial charge in [0.05, 0.1) is 7.11 Å². The Kier molecular flexibility index (Phi) is 5.34. The number of likely N-dealkylation sites (tertiary alicyclic amines) is 1. The van der Waals surface area contributed by atoms with Gasteiger partial charge in [-0.3, -0.25) is 4.90 Å². The van der Waals surface area contributed by atoms with Gasteiger partial charge in [-0.1, -0.05) is 31.4 Å². The molecule has 2 aliphatic rings. The average Bonchev–Trinajstić information content (AvgIpc) is 3.03. The Balaban J connectivity index is 0.00000147. The second-order valence-electron chi connectivity index (χ2n) is 6.02. The fraction of sp³-hybridized carbons (Fsp3) is 0.647. The van der Waals surface area contributed by atoms with Crippen molar-refractivity contribution in [3.05, 3.63) is 29.8 Å². The Labute approximate surface area is 128 Å². The molecule has 1 aliphatic heterocycles. The second kappa shape index (κ2) is 6.82. The lowest BCUT2D eigenvalue weighted by molar-refractivity contribution is 0.0703. The maximum absolute atomic E-state index is 5.43. The highest BCUT2D eigenvalue weighted by molar-refractivity contribution is 5.85. The SMILES string of the molecule is COc1cccc(C2(N3CCCC3)CCCCC2)c1.Cl. The molecular weight excluding hydrogens is 270 g/mol. The van der Waals surface area contributed by atoms with Crippen LogP contribution in [0.1, 0.15) is 50.5 Å². The van der Waals surface area contributed by atoms with Crippen molar-refractivity contribution in [2.24, 2.45) is 0 Å². The van der Waals surface area contributed by atoms with Crippen LogP contribution in [0, 0.1) is 0 Å². The minimum absolute atomic E-state index is 0. The highest BCUT2D eigenvalue weighted by Crippen LogP contribution is 2.44. The van der Waals surface area contributed by atoms with Crippen LogP contribution in [0.3, 0.4) is 0 Å². The molecule has 2 fully saturated rings. The molecule has 0 radical (unpaired) electrons. The van der Waals surface area contributed by atoms with Gasteiger partial charge in [0.15, 0.2) is 0 Å². The molecule has 1 aromatic carbocycles. The van der Waals surface area contributed by atoms with Crippen LogP contribution in [0.5, 0.6) is 5.75 Å².